The highest BCUT2D eigenvalue weighted by Gasteiger charge is 2.26. The van der Waals surface area contributed by atoms with Crippen LogP contribution in [-0.2, 0) is 11.2 Å². The van der Waals surface area contributed by atoms with Gasteiger partial charge >= 0.3 is 0 Å². The Hall–Kier alpha value is -2.96. The Morgan fingerprint density at radius 1 is 1.28 bits per heavy atom. The maximum absolute atomic E-state index is 12.4. The zero-order chi connectivity index (χ0) is 17.1. The summed E-state index contributed by atoms with van der Waals surface area (Å²) in [6.45, 7) is 2.38. The molecular formula is C18H20N6O. The molecule has 25 heavy (non-hydrogen) atoms. The Bertz CT molecular complexity index is 862. The Morgan fingerprint density at radius 2 is 2.16 bits per heavy atom. The fourth-order valence-electron chi connectivity index (χ4n) is 3.23. The molecule has 0 radical (unpaired) electrons. The lowest BCUT2D eigenvalue weighted by atomic mass is 10.1. The van der Waals surface area contributed by atoms with E-state index in [-0.39, 0.29) is 5.91 Å². The van der Waals surface area contributed by atoms with E-state index in [1.165, 1.54) is 0 Å². The molecule has 1 atom stereocenters. The molecule has 7 heteroatoms. The van der Waals surface area contributed by atoms with Crippen molar-refractivity contribution in [2.75, 3.05) is 25.0 Å². The number of hydrogen-bond acceptors (Lipinski definition) is 5. The monoisotopic (exact) mass is 336 g/mol. The second-order valence-electron chi connectivity index (χ2n) is 6.38. The molecule has 1 unspecified atom stereocenters. The van der Waals surface area contributed by atoms with E-state index in [2.05, 4.69) is 20.5 Å². The molecule has 1 aliphatic rings. The molecular weight excluding hydrogens is 316 g/mol. The number of carbonyl (C=O) groups excluding carboxylic acids is 1. The third-order valence-electron chi connectivity index (χ3n) is 4.61. The average Bonchev–Trinajstić information content (AvgIpc) is 3.30. The molecule has 0 bridgehead atoms. The molecule has 4 rings (SSSR count). The Kier molecular flexibility index (Phi) is 4.28. The van der Waals surface area contributed by atoms with Crippen LogP contribution in [-0.4, -0.2) is 50.0 Å². The van der Waals surface area contributed by atoms with E-state index in [0.29, 0.717) is 12.3 Å². The van der Waals surface area contributed by atoms with Crippen molar-refractivity contribution in [3.63, 3.8) is 0 Å². The maximum Gasteiger partial charge on any atom is 0.226 e. The molecule has 3 aromatic rings. The summed E-state index contributed by atoms with van der Waals surface area (Å²) >= 11 is 0. The normalized spacial score (nSPS) is 17.1. The summed E-state index contributed by atoms with van der Waals surface area (Å²) in [6, 6.07) is 9.90. The summed E-state index contributed by atoms with van der Waals surface area (Å²) in [5, 5.41) is 11.3. The maximum atomic E-state index is 12.4. The number of anilines is 1. The molecule has 1 aromatic carbocycles. The summed E-state index contributed by atoms with van der Waals surface area (Å²) in [5.74, 6) is 1.35. The Labute approximate surface area is 145 Å². The summed E-state index contributed by atoms with van der Waals surface area (Å²) in [6.07, 6.45) is 6.68. The highest BCUT2D eigenvalue weighted by molar-refractivity contribution is 5.79. The van der Waals surface area contributed by atoms with Gasteiger partial charge in [-0.1, -0.05) is 30.3 Å². The zero-order valence-corrected chi connectivity index (χ0v) is 13.9. The van der Waals surface area contributed by atoms with E-state index in [1.54, 1.807) is 12.5 Å². The SMILES string of the molecule is O=C(Cc1ccccc1)N1CCC(CNc2nccn3cnnc23)C1. The van der Waals surface area contributed by atoms with Gasteiger partial charge in [-0.25, -0.2) is 4.98 Å². The third-order valence-corrected chi connectivity index (χ3v) is 4.61. The lowest BCUT2D eigenvalue weighted by Gasteiger charge is -2.17. The number of amides is 1. The minimum atomic E-state index is 0.200. The van der Waals surface area contributed by atoms with Gasteiger partial charge in [0.1, 0.15) is 6.33 Å². The number of nitrogens with zero attached hydrogens (tertiary/aromatic N) is 5. The molecule has 1 saturated heterocycles. The van der Waals surface area contributed by atoms with Gasteiger partial charge in [0.2, 0.25) is 11.6 Å². The van der Waals surface area contributed by atoms with Crippen molar-refractivity contribution in [1.29, 1.82) is 0 Å². The number of fused-ring (bicyclic) bond motifs is 1. The van der Waals surface area contributed by atoms with Crippen LogP contribution in [0.3, 0.4) is 0 Å². The van der Waals surface area contributed by atoms with Crippen molar-refractivity contribution in [3.05, 3.63) is 54.6 Å². The standard InChI is InChI=1S/C18H20N6O/c25-16(10-14-4-2-1-3-5-14)23-8-6-15(12-23)11-20-17-18-22-21-13-24(18)9-7-19-17/h1-5,7,9,13,15H,6,8,10-12H2,(H,19,20). The smallest absolute Gasteiger partial charge is 0.226 e. The number of rotatable bonds is 5. The van der Waals surface area contributed by atoms with Crippen LogP contribution in [0, 0.1) is 5.92 Å². The van der Waals surface area contributed by atoms with Gasteiger partial charge in [0, 0.05) is 32.0 Å². The first-order valence-corrected chi connectivity index (χ1v) is 8.49. The van der Waals surface area contributed by atoms with Gasteiger partial charge in [0.05, 0.1) is 6.42 Å². The molecule has 1 aliphatic heterocycles. The number of carbonyl (C=O) groups is 1. The highest BCUT2D eigenvalue weighted by atomic mass is 16.2. The van der Waals surface area contributed by atoms with Crippen LogP contribution in [0.1, 0.15) is 12.0 Å². The summed E-state index contributed by atoms with van der Waals surface area (Å²) in [7, 11) is 0. The largest absolute Gasteiger partial charge is 0.367 e. The molecule has 1 fully saturated rings. The highest BCUT2D eigenvalue weighted by Crippen LogP contribution is 2.19. The number of aromatic nitrogens is 4. The molecule has 0 saturated carbocycles. The average molecular weight is 336 g/mol. The van der Waals surface area contributed by atoms with Crippen molar-refractivity contribution >= 4 is 17.4 Å². The molecule has 7 nitrogen and oxygen atoms in total. The lowest BCUT2D eigenvalue weighted by molar-refractivity contribution is -0.129. The van der Waals surface area contributed by atoms with Crippen LogP contribution in [0.25, 0.3) is 5.65 Å². The first-order chi connectivity index (χ1) is 12.3. The van der Waals surface area contributed by atoms with Crippen molar-refractivity contribution in [2.24, 2.45) is 5.92 Å². The second-order valence-corrected chi connectivity index (χ2v) is 6.38. The van der Waals surface area contributed by atoms with E-state index in [1.807, 2.05) is 45.8 Å². The van der Waals surface area contributed by atoms with E-state index >= 15 is 0 Å². The van der Waals surface area contributed by atoms with Crippen LogP contribution in [0.15, 0.2) is 49.1 Å². The van der Waals surface area contributed by atoms with E-state index in [9.17, 15) is 4.79 Å². The van der Waals surface area contributed by atoms with Gasteiger partial charge < -0.3 is 10.2 Å². The lowest BCUT2D eigenvalue weighted by Crippen LogP contribution is -2.31. The molecule has 1 N–H and O–H groups in total. The first kappa shape index (κ1) is 15.6. The molecule has 2 aromatic heterocycles. The molecule has 0 aliphatic carbocycles. The van der Waals surface area contributed by atoms with Crippen LogP contribution in [0.2, 0.25) is 0 Å². The summed E-state index contributed by atoms with van der Waals surface area (Å²) < 4.78 is 1.83. The van der Waals surface area contributed by atoms with E-state index < -0.39 is 0 Å². The molecule has 3 heterocycles. The fraction of sp³-hybridized carbons (Fsp3) is 0.333. The second kappa shape index (κ2) is 6.88. The predicted octanol–water partition coefficient (Wildman–Crippen LogP) is 1.63. The predicted molar refractivity (Wildman–Crippen MR) is 94.1 cm³/mol. The minimum Gasteiger partial charge on any atom is -0.367 e. The number of likely N-dealkylation sites (tertiary alicyclic amines) is 1. The molecule has 128 valence electrons. The van der Waals surface area contributed by atoms with E-state index in [0.717, 1.165) is 43.1 Å². The van der Waals surface area contributed by atoms with Crippen LogP contribution in [0.5, 0.6) is 0 Å². The summed E-state index contributed by atoms with van der Waals surface area (Å²) in [5.41, 5.74) is 1.79. The first-order valence-electron chi connectivity index (χ1n) is 8.49. The van der Waals surface area contributed by atoms with Crippen molar-refractivity contribution < 1.29 is 4.79 Å². The topological polar surface area (TPSA) is 75.4 Å². The number of hydrogen-bond donors (Lipinski definition) is 1. The van der Waals surface area contributed by atoms with Gasteiger partial charge in [0.15, 0.2) is 5.82 Å². The van der Waals surface area contributed by atoms with Crippen molar-refractivity contribution in [1.82, 2.24) is 24.5 Å². The van der Waals surface area contributed by atoms with Gasteiger partial charge in [-0.3, -0.25) is 9.20 Å². The van der Waals surface area contributed by atoms with Gasteiger partial charge in [-0.15, -0.1) is 10.2 Å². The van der Waals surface area contributed by atoms with Crippen molar-refractivity contribution in [3.8, 4) is 0 Å². The molecule has 0 spiro atoms. The Balaban J connectivity index is 1.32. The number of benzene rings is 1. The van der Waals surface area contributed by atoms with Crippen LogP contribution >= 0.6 is 0 Å². The van der Waals surface area contributed by atoms with Gasteiger partial charge in [0.25, 0.3) is 0 Å². The van der Waals surface area contributed by atoms with Gasteiger partial charge in [-0.05, 0) is 17.9 Å². The van der Waals surface area contributed by atoms with Crippen molar-refractivity contribution in [2.45, 2.75) is 12.8 Å². The summed E-state index contributed by atoms with van der Waals surface area (Å²) in [4.78, 5) is 18.7. The Morgan fingerprint density at radius 3 is 3.04 bits per heavy atom. The third kappa shape index (κ3) is 3.45. The van der Waals surface area contributed by atoms with E-state index in [4.69, 9.17) is 0 Å². The molecule has 1 amide bonds. The zero-order valence-electron chi connectivity index (χ0n) is 13.9. The number of nitrogens with one attached hydrogen (secondary N) is 1. The van der Waals surface area contributed by atoms with Crippen LogP contribution in [0.4, 0.5) is 5.82 Å². The quantitative estimate of drug-likeness (QED) is 0.766. The van der Waals surface area contributed by atoms with Gasteiger partial charge in [-0.2, -0.15) is 0 Å². The fourth-order valence-corrected chi connectivity index (χ4v) is 3.23. The minimum absolute atomic E-state index is 0.200. The van der Waals surface area contributed by atoms with Crippen LogP contribution < -0.4 is 5.32 Å².